The van der Waals surface area contributed by atoms with Gasteiger partial charge in [0.25, 0.3) is 5.91 Å². The molecule has 6 heterocycles. The first-order valence-electron chi connectivity index (χ1n) is 33.2. The van der Waals surface area contributed by atoms with Crippen molar-refractivity contribution in [2.75, 3.05) is 64.4 Å². The van der Waals surface area contributed by atoms with E-state index in [9.17, 15) is 33.2 Å². The van der Waals surface area contributed by atoms with Crippen molar-refractivity contribution in [2.45, 2.75) is 173 Å². The minimum Gasteiger partial charge on any atom is -0.453 e. The number of imidazole rings is 2. The number of hydrogen-bond acceptors (Lipinski definition) is 18. The van der Waals surface area contributed by atoms with Crippen molar-refractivity contribution in [3.05, 3.63) is 118 Å². The van der Waals surface area contributed by atoms with E-state index < -0.39 is 127 Å². The maximum absolute atomic E-state index is 18.0. The van der Waals surface area contributed by atoms with Crippen LogP contribution in [-0.4, -0.2) is 149 Å². The molecule has 530 valence electrons. The number of amides is 4. The van der Waals surface area contributed by atoms with Gasteiger partial charge in [-0.15, -0.1) is 0 Å². The maximum atomic E-state index is 18.0. The number of carbonyl (C=O) groups excluding carboxylic acids is 6. The molecule has 29 heteroatoms. The first kappa shape index (κ1) is 72.1. The van der Waals surface area contributed by atoms with Gasteiger partial charge in [-0.3, -0.25) is 33.6 Å². The average molecular weight is 1370 g/mol. The Morgan fingerprint density at radius 2 is 1.12 bits per heavy atom. The molecule has 4 saturated heterocycles. The van der Waals surface area contributed by atoms with Gasteiger partial charge in [-0.25, -0.2) is 41.5 Å². The van der Waals surface area contributed by atoms with Gasteiger partial charge in [0, 0.05) is 75.8 Å². The number of anilines is 2. The zero-order chi connectivity index (χ0) is 70.8. The van der Waals surface area contributed by atoms with Gasteiger partial charge in [-0.1, -0.05) is 46.8 Å². The van der Waals surface area contributed by atoms with Crippen molar-refractivity contribution in [3.63, 3.8) is 0 Å². The summed E-state index contributed by atoms with van der Waals surface area (Å²) in [4.78, 5) is 97.8. The Morgan fingerprint density at radius 3 is 1.64 bits per heavy atom. The van der Waals surface area contributed by atoms with Gasteiger partial charge in [-0.2, -0.15) is 0 Å². The molecule has 0 radical (unpaired) electrons. The molecule has 4 aliphatic heterocycles. The third kappa shape index (κ3) is 14.3. The predicted molar refractivity (Wildman–Crippen MR) is 350 cm³/mol. The van der Waals surface area contributed by atoms with Crippen LogP contribution < -0.4 is 31.9 Å². The molecule has 0 bridgehead atoms. The Bertz CT molecular complexity index is 3910. The van der Waals surface area contributed by atoms with Crippen LogP contribution in [0.4, 0.5) is 42.9 Å². The normalized spacial score (nSPS) is 20.2. The second kappa shape index (κ2) is 30.2. The molecule has 24 nitrogen and oxygen atoms in total. The topological polar surface area (TPSA) is 282 Å². The van der Waals surface area contributed by atoms with E-state index in [0.29, 0.717) is 38.5 Å². The van der Waals surface area contributed by atoms with Crippen LogP contribution in [0.2, 0.25) is 0 Å². The molecule has 4 aromatic carbocycles. The summed E-state index contributed by atoms with van der Waals surface area (Å²) in [5.74, 6) is -6.96. The molecule has 4 aliphatic rings. The van der Waals surface area contributed by atoms with Crippen LogP contribution in [0.15, 0.2) is 60.7 Å². The van der Waals surface area contributed by atoms with Crippen LogP contribution in [0.1, 0.15) is 158 Å². The minimum atomic E-state index is -1.89. The van der Waals surface area contributed by atoms with Crippen LogP contribution >= 0.6 is 0 Å². The number of alkyl carbamates (subject to hydrolysis) is 2. The minimum absolute atomic E-state index is 0.00124. The van der Waals surface area contributed by atoms with Crippen LogP contribution in [0.25, 0.3) is 22.1 Å². The molecule has 6 aromatic rings. The number of likely N-dealkylation sites (tertiary alicyclic amines) is 2. The molecule has 0 aliphatic carbocycles. The van der Waals surface area contributed by atoms with E-state index in [-0.39, 0.29) is 125 Å². The third-order valence-electron chi connectivity index (χ3n) is 19.9. The predicted octanol–water partition coefficient (Wildman–Crippen LogP) is 9.71. The Hall–Kier alpha value is -8.67. The van der Waals surface area contributed by atoms with Gasteiger partial charge in [0.05, 0.1) is 66.6 Å². The molecular formula is C69H87F5N12O12. The molecule has 4 unspecified atom stereocenters. The van der Waals surface area contributed by atoms with Crippen molar-refractivity contribution in [3.8, 4) is 0 Å². The molecule has 4 fully saturated rings. The number of nitrogens with two attached hydrogens (primary N) is 2. The summed E-state index contributed by atoms with van der Waals surface area (Å²) < 4.78 is 120. The van der Waals surface area contributed by atoms with E-state index in [1.165, 1.54) is 69.6 Å². The number of nitrogens with one attached hydrogen (secondary N) is 2. The standard InChI is InChI=1S/C69H87F5N12O12/c1-11-69(96-10,80-68(92)95-9)66(90)83-25-13-15-54(83)62-77-49-30-43(46(72)33-56(49)85(62)35-98-65(89)58(76)37(4)5)51-20-21-52(86(51)42-28-47(73)60(48(74)29-42)81-26-22-40(23-27-81)39-16-18-41(70)19-17-39)44-31-55-50(32-45(44)71)78-61(84(55)34-97-64(88)57(75)36(2)3)53-14-12-24-82(53)63(87)59(38(6)93-7)79-67(91)94-8/h16-19,28-33,36-38,40,51-54,57-59H,11-15,20-27,34-35,75-76H2,1-10H3,(H,79,91)(H,80,92)/t38-,51-,52-,53?,54?,57?,58?,59+,69+/m1/s1. The van der Waals surface area contributed by atoms with E-state index in [2.05, 4.69) is 10.6 Å². The summed E-state index contributed by atoms with van der Waals surface area (Å²) in [5.41, 5.74) is 11.7. The molecule has 6 N–H and O–H groups in total. The second-order valence-electron chi connectivity index (χ2n) is 26.2. The Kier molecular flexibility index (Phi) is 22.2. The van der Waals surface area contributed by atoms with E-state index >= 15 is 17.6 Å². The van der Waals surface area contributed by atoms with Crippen LogP contribution in [0, 0.1) is 40.9 Å². The number of hydrogen-bond donors (Lipinski definition) is 4. The number of benzene rings is 4. The summed E-state index contributed by atoms with van der Waals surface area (Å²) >= 11 is 0. The third-order valence-corrected chi connectivity index (χ3v) is 19.9. The Balaban J connectivity index is 1.11. The molecular weight excluding hydrogens is 1280 g/mol. The van der Waals surface area contributed by atoms with Gasteiger partial charge >= 0.3 is 24.1 Å². The Labute approximate surface area is 564 Å². The van der Waals surface area contributed by atoms with Gasteiger partial charge < -0.3 is 64.8 Å². The number of carbonyl (C=O) groups is 6. The summed E-state index contributed by atoms with van der Waals surface area (Å²) in [6, 6.07) is 6.48. The maximum Gasteiger partial charge on any atom is 0.409 e. The zero-order valence-electron chi connectivity index (χ0n) is 56.8. The van der Waals surface area contributed by atoms with Crippen molar-refractivity contribution >= 4 is 69.4 Å². The fraction of sp³-hybridized carbons (Fsp3) is 0.536. The molecule has 2 aromatic heterocycles. The molecule has 98 heavy (non-hydrogen) atoms. The van der Waals surface area contributed by atoms with E-state index in [0.717, 1.165) is 31.9 Å². The number of fused-ring (bicyclic) bond motifs is 2. The number of rotatable bonds is 23. The van der Waals surface area contributed by atoms with Crippen LogP contribution in [0.5, 0.6) is 0 Å². The first-order valence-corrected chi connectivity index (χ1v) is 33.2. The van der Waals surface area contributed by atoms with Crippen molar-refractivity contribution < 1.29 is 79.1 Å². The fourth-order valence-electron chi connectivity index (χ4n) is 14.1. The lowest BCUT2D eigenvalue weighted by atomic mass is 9.89. The lowest BCUT2D eigenvalue weighted by Crippen LogP contribution is -2.60. The number of methoxy groups -OCH3 is 4. The SMILES string of the molecule is CC[C@](NC(=O)OC)(OC)C(=O)N1CCCC1c1nc2cc([C@H]3CC[C@H](c4cc5c(cc4F)nc(C4CCCN4C(=O)[C@@H](NC(=O)OC)[C@@H](C)OC)n5COC(=O)C(N)C(C)C)N3c3cc(F)c(N4CCC(c5ccc(F)cc5)CC4)c(F)c3)c(F)cc2n1COC(=O)C(N)C(C)C. The summed E-state index contributed by atoms with van der Waals surface area (Å²) in [7, 11) is 4.94. The van der Waals surface area contributed by atoms with E-state index in [1.54, 1.807) is 63.5 Å². The molecule has 9 atom stereocenters. The number of nitrogens with zero attached hydrogens (tertiary/aromatic N) is 8. The highest BCUT2D eigenvalue weighted by Crippen LogP contribution is 2.51. The second-order valence-corrected chi connectivity index (χ2v) is 26.2. The quantitative estimate of drug-likeness (QED) is 0.0201. The summed E-state index contributed by atoms with van der Waals surface area (Å²) in [6.45, 7) is 10.0. The highest BCUT2D eigenvalue weighted by atomic mass is 19.1. The molecule has 4 amide bonds. The van der Waals surface area contributed by atoms with Crippen molar-refractivity contribution in [2.24, 2.45) is 23.3 Å². The number of aromatic nitrogens is 4. The summed E-state index contributed by atoms with van der Waals surface area (Å²) in [6.07, 6.45) is -0.00642. The smallest absolute Gasteiger partial charge is 0.409 e. The number of piperidine rings is 1. The fourth-order valence-corrected chi connectivity index (χ4v) is 14.1. The number of esters is 2. The number of ether oxygens (including phenoxy) is 6. The largest absolute Gasteiger partial charge is 0.453 e. The lowest BCUT2D eigenvalue weighted by Gasteiger charge is -2.36. The highest BCUT2D eigenvalue weighted by Gasteiger charge is 2.48. The number of halogens is 5. The first-order chi connectivity index (χ1) is 46.8. The van der Waals surface area contributed by atoms with Gasteiger partial charge in [0.1, 0.15) is 52.9 Å². The zero-order valence-corrected chi connectivity index (χ0v) is 56.8. The van der Waals surface area contributed by atoms with Gasteiger partial charge in [0.15, 0.2) is 25.1 Å². The van der Waals surface area contributed by atoms with Gasteiger partial charge in [-0.05, 0) is 118 Å². The van der Waals surface area contributed by atoms with E-state index in [1.807, 2.05) is 0 Å². The van der Waals surface area contributed by atoms with Crippen molar-refractivity contribution in [1.29, 1.82) is 0 Å². The average Bonchev–Trinajstić information content (AvgIpc) is 1.49. The Morgan fingerprint density at radius 1 is 0.612 bits per heavy atom. The highest BCUT2D eigenvalue weighted by molar-refractivity contribution is 5.90. The lowest BCUT2D eigenvalue weighted by molar-refractivity contribution is -0.160. The van der Waals surface area contributed by atoms with Crippen LogP contribution in [0.3, 0.4) is 0 Å². The van der Waals surface area contributed by atoms with E-state index in [4.69, 9.17) is 49.9 Å². The van der Waals surface area contributed by atoms with Gasteiger partial charge in [0.2, 0.25) is 11.6 Å². The van der Waals surface area contributed by atoms with Crippen molar-refractivity contribution in [1.82, 2.24) is 39.5 Å². The molecule has 10 rings (SSSR count). The monoisotopic (exact) mass is 1370 g/mol. The van der Waals surface area contributed by atoms with Crippen LogP contribution in [-0.2, 0) is 61.1 Å². The molecule has 0 spiro atoms. The molecule has 0 saturated carbocycles. The summed E-state index contributed by atoms with van der Waals surface area (Å²) in [5, 5.41) is 5.10.